The second-order valence-corrected chi connectivity index (χ2v) is 7.97. The van der Waals surface area contributed by atoms with Crippen molar-refractivity contribution in [3.63, 3.8) is 0 Å². The van der Waals surface area contributed by atoms with E-state index < -0.39 is 16.1 Å². The zero-order valence-corrected chi connectivity index (χ0v) is 14.0. The average molecular weight is 339 g/mol. The first kappa shape index (κ1) is 15.4. The van der Waals surface area contributed by atoms with Gasteiger partial charge in [-0.25, -0.2) is 13.4 Å². The molecule has 1 atom stereocenters. The predicted molar refractivity (Wildman–Crippen MR) is 85.2 cm³/mol. The summed E-state index contributed by atoms with van der Waals surface area (Å²) in [6.07, 6.45) is 0. The van der Waals surface area contributed by atoms with Crippen LogP contribution in [0, 0.1) is 0 Å². The number of benzene rings is 1. The fourth-order valence-electron chi connectivity index (χ4n) is 2.68. The normalized spacial score (nSPS) is 20.7. The van der Waals surface area contributed by atoms with Crippen molar-refractivity contribution in [1.29, 1.82) is 0 Å². The zero-order chi connectivity index (χ0) is 15.9. The summed E-state index contributed by atoms with van der Waals surface area (Å²) in [6, 6.07) is 4.22. The van der Waals surface area contributed by atoms with Crippen LogP contribution >= 0.6 is 11.3 Å². The third-order valence-corrected chi connectivity index (χ3v) is 6.74. The average Bonchev–Trinajstić information content (AvgIpc) is 2.97. The number of hydrogen-bond acceptors (Lipinski definition) is 5. The quantitative estimate of drug-likeness (QED) is 0.850. The van der Waals surface area contributed by atoms with Gasteiger partial charge in [0, 0.05) is 19.6 Å². The van der Waals surface area contributed by atoms with Gasteiger partial charge in [0.25, 0.3) is 0 Å². The fraction of sp³-hybridized carbons (Fsp3) is 0.429. The molecule has 1 aliphatic heterocycles. The van der Waals surface area contributed by atoms with Gasteiger partial charge in [0.1, 0.15) is 6.04 Å². The van der Waals surface area contributed by atoms with Gasteiger partial charge in [-0.1, -0.05) is 0 Å². The molecule has 0 saturated carbocycles. The van der Waals surface area contributed by atoms with Crippen molar-refractivity contribution in [3.05, 3.63) is 23.7 Å². The first-order valence-corrected chi connectivity index (χ1v) is 9.41. The predicted octanol–water partition coefficient (Wildman–Crippen LogP) is 1.54. The number of aromatic nitrogens is 1. The first-order chi connectivity index (χ1) is 10.4. The van der Waals surface area contributed by atoms with Gasteiger partial charge in [0.05, 0.1) is 20.6 Å². The molecule has 2 aromatic rings. The maximum atomic E-state index is 12.8. The molecule has 1 unspecified atom stereocenters. The molecule has 22 heavy (non-hydrogen) atoms. The van der Waals surface area contributed by atoms with Gasteiger partial charge in [-0.3, -0.25) is 4.79 Å². The number of amides is 1. The summed E-state index contributed by atoms with van der Waals surface area (Å²) in [5, 5.41) is 0. The van der Waals surface area contributed by atoms with Crippen LogP contribution in [0.25, 0.3) is 10.2 Å². The van der Waals surface area contributed by atoms with E-state index in [1.54, 1.807) is 35.5 Å². The van der Waals surface area contributed by atoms with E-state index in [4.69, 9.17) is 0 Å². The highest BCUT2D eigenvalue weighted by atomic mass is 32.2. The van der Waals surface area contributed by atoms with Crippen LogP contribution in [0.1, 0.15) is 13.8 Å². The number of carbonyl (C=O) groups excluding carboxylic acids is 1. The van der Waals surface area contributed by atoms with Crippen molar-refractivity contribution in [2.75, 3.05) is 19.6 Å². The van der Waals surface area contributed by atoms with Crippen molar-refractivity contribution >= 4 is 37.5 Å². The minimum absolute atomic E-state index is 0.142. The highest BCUT2D eigenvalue weighted by Gasteiger charge is 2.38. The molecule has 118 valence electrons. The van der Waals surface area contributed by atoms with Gasteiger partial charge in [0.15, 0.2) is 0 Å². The van der Waals surface area contributed by atoms with Gasteiger partial charge in [-0.2, -0.15) is 4.31 Å². The van der Waals surface area contributed by atoms with Gasteiger partial charge in [-0.05, 0) is 32.0 Å². The summed E-state index contributed by atoms with van der Waals surface area (Å²) in [4.78, 5) is 18.3. The molecule has 0 aliphatic carbocycles. The molecule has 1 aromatic carbocycles. The molecule has 2 heterocycles. The van der Waals surface area contributed by atoms with Crippen molar-refractivity contribution in [2.24, 2.45) is 0 Å². The summed E-state index contributed by atoms with van der Waals surface area (Å²) >= 11 is 1.40. The van der Waals surface area contributed by atoms with E-state index in [0.717, 1.165) is 10.2 Å². The monoisotopic (exact) mass is 339 g/mol. The molecular weight excluding hydrogens is 322 g/mol. The SMILES string of the molecule is CCN1CCN(S(=O)(=O)c2ccc3ncsc3c2)C(C)C1=O. The second kappa shape index (κ2) is 5.60. The van der Waals surface area contributed by atoms with Crippen LogP contribution in [0.5, 0.6) is 0 Å². The lowest BCUT2D eigenvalue weighted by Gasteiger charge is -2.37. The number of carbonyl (C=O) groups is 1. The molecule has 1 fully saturated rings. The number of nitrogens with zero attached hydrogens (tertiary/aromatic N) is 3. The summed E-state index contributed by atoms with van der Waals surface area (Å²) in [6.45, 7) is 4.90. The number of sulfonamides is 1. The number of hydrogen-bond donors (Lipinski definition) is 0. The van der Waals surface area contributed by atoms with Crippen LogP contribution < -0.4 is 0 Å². The lowest BCUT2D eigenvalue weighted by atomic mass is 10.2. The van der Waals surface area contributed by atoms with Gasteiger partial charge >= 0.3 is 0 Å². The van der Waals surface area contributed by atoms with Crippen molar-refractivity contribution in [2.45, 2.75) is 24.8 Å². The first-order valence-electron chi connectivity index (χ1n) is 7.09. The maximum absolute atomic E-state index is 12.8. The Kier molecular flexibility index (Phi) is 3.92. The number of fused-ring (bicyclic) bond motifs is 1. The molecule has 1 aromatic heterocycles. The summed E-state index contributed by atoms with van der Waals surface area (Å²) < 4.78 is 27.8. The van der Waals surface area contributed by atoms with Crippen LogP contribution in [0.4, 0.5) is 0 Å². The third-order valence-electron chi connectivity index (χ3n) is 3.98. The highest BCUT2D eigenvalue weighted by Crippen LogP contribution is 2.26. The smallest absolute Gasteiger partial charge is 0.243 e. The molecule has 1 saturated heterocycles. The Bertz CT molecular complexity index is 816. The maximum Gasteiger partial charge on any atom is 0.243 e. The molecule has 3 rings (SSSR count). The number of likely N-dealkylation sites (N-methyl/N-ethyl adjacent to an activating group) is 1. The Morgan fingerprint density at radius 3 is 2.86 bits per heavy atom. The standard InChI is InChI=1S/C14H17N3O3S2/c1-3-16-6-7-17(10(2)14(16)18)22(19,20)11-4-5-12-13(8-11)21-9-15-12/h4-5,8-10H,3,6-7H2,1-2H3. The van der Waals surface area contributed by atoms with Crippen molar-refractivity contribution in [3.8, 4) is 0 Å². The van der Waals surface area contributed by atoms with E-state index in [1.165, 1.54) is 15.6 Å². The van der Waals surface area contributed by atoms with Crippen LogP contribution in [-0.4, -0.2) is 54.2 Å². The number of thiazole rings is 1. The Morgan fingerprint density at radius 2 is 2.14 bits per heavy atom. The molecule has 0 radical (unpaired) electrons. The Labute approximate surface area is 133 Å². The topological polar surface area (TPSA) is 70.6 Å². The lowest BCUT2D eigenvalue weighted by molar-refractivity contribution is -0.137. The van der Waals surface area contributed by atoms with E-state index in [-0.39, 0.29) is 10.8 Å². The molecule has 1 amide bonds. The summed E-state index contributed by atoms with van der Waals surface area (Å²) in [5.41, 5.74) is 2.47. The van der Waals surface area contributed by atoms with E-state index in [9.17, 15) is 13.2 Å². The van der Waals surface area contributed by atoms with Gasteiger partial charge < -0.3 is 4.90 Å². The molecule has 6 nitrogen and oxygen atoms in total. The largest absolute Gasteiger partial charge is 0.340 e. The third kappa shape index (κ3) is 2.41. The van der Waals surface area contributed by atoms with E-state index in [0.29, 0.717) is 19.6 Å². The summed E-state index contributed by atoms with van der Waals surface area (Å²) in [7, 11) is -3.68. The van der Waals surface area contributed by atoms with Gasteiger partial charge in [0.2, 0.25) is 15.9 Å². The molecule has 0 spiro atoms. The van der Waals surface area contributed by atoms with Crippen LogP contribution in [0.15, 0.2) is 28.6 Å². The van der Waals surface area contributed by atoms with E-state index in [2.05, 4.69) is 4.98 Å². The summed E-state index contributed by atoms with van der Waals surface area (Å²) in [5.74, 6) is -0.142. The minimum Gasteiger partial charge on any atom is -0.340 e. The Morgan fingerprint density at radius 1 is 1.36 bits per heavy atom. The lowest BCUT2D eigenvalue weighted by Crippen LogP contribution is -2.57. The van der Waals surface area contributed by atoms with E-state index >= 15 is 0 Å². The fourth-order valence-corrected chi connectivity index (χ4v) is 5.08. The molecule has 1 aliphatic rings. The Balaban J connectivity index is 1.97. The minimum atomic E-state index is -3.68. The molecule has 8 heteroatoms. The number of rotatable bonds is 3. The molecule has 0 bridgehead atoms. The van der Waals surface area contributed by atoms with Crippen LogP contribution in [-0.2, 0) is 14.8 Å². The number of piperazine rings is 1. The molecular formula is C14H17N3O3S2. The van der Waals surface area contributed by atoms with Crippen molar-refractivity contribution in [1.82, 2.24) is 14.2 Å². The highest BCUT2D eigenvalue weighted by molar-refractivity contribution is 7.89. The van der Waals surface area contributed by atoms with Crippen LogP contribution in [0.2, 0.25) is 0 Å². The van der Waals surface area contributed by atoms with Gasteiger partial charge in [-0.15, -0.1) is 11.3 Å². The molecule has 0 N–H and O–H groups in total. The second-order valence-electron chi connectivity index (χ2n) is 5.19. The van der Waals surface area contributed by atoms with E-state index in [1.807, 2.05) is 6.92 Å². The zero-order valence-electron chi connectivity index (χ0n) is 12.4. The van der Waals surface area contributed by atoms with Crippen LogP contribution in [0.3, 0.4) is 0 Å². The Hall–Kier alpha value is -1.51. The van der Waals surface area contributed by atoms with Crippen molar-refractivity contribution < 1.29 is 13.2 Å².